The van der Waals surface area contributed by atoms with Gasteiger partial charge in [0.05, 0.1) is 12.6 Å². The molecule has 0 spiro atoms. The van der Waals surface area contributed by atoms with Gasteiger partial charge in [0.1, 0.15) is 0 Å². The van der Waals surface area contributed by atoms with E-state index >= 15 is 0 Å². The lowest BCUT2D eigenvalue weighted by Gasteiger charge is -2.05. The van der Waals surface area contributed by atoms with Crippen LogP contribution >= 0.6 is 0 Å². The number of nitrogens with one attached hydrogen (secondary N) is 1. The molecule has 0 saturated carbocycles. The maximum atomic E-state index is 10.7. The number of benzene rings is 1. The predicted molar refractivity (Wildman–Crippen MR) is 60.0 cm³/mol. The monoisotopic (exact) mass is 202 g/mol. The molecule has 1 rings (SSSR count). The normalized spacial score (nSPS) is 11.3. The van der Waals surface area contributed by atoms with Crippen LogP contribution in [0, 0.1) is 11.8 Å². The van der Waals surface area contributed by atoms with E-state index in [1.807, 2.05) is 30.3 Å². The molecule has 3 heteroatoms. The van der Waals surface area contributed by atoms with Crippen LogP contribution < -0.4 is 11.1 Å². The Morgan fingerprint density at radius 1 is 1.47 bits per heavy atom. The van der Waals surface area contributed by atoms with Gasteiger partial charge in [0, 0.05) is 5.56 Å². The van der Waals surface area contributed by atoms with E-state index in [9.17, 15) is 4.79 Å². The molecule has 0 fully saturated rings. The fourth-order valence-electron chi connectivity index (χ4n) is 0.972. The van der Waals surface area contributed by atoms with Crippen molar-refractivity contribution in [3.05, 3.63) is 35.9 Å². The van der Waals surface area contributed by atoms with Gasteiger partial charge >= 0.3 is 0 Å². The summed E-state index contributed by atoms with van der Waals surface area (Å²) in [6, 6.07) is 9.34. The summed E-state index contributed by atoms with van der Waals surface area (Å²) in [6.45, 7) is 2.17. The number of rotatable bonds is 3. The number of primary amides is 1. The molecule has 1 amide bonds. The number of carbonyl (C=O) groups is 1. The lowest BCUT2D eigenvalue weighted by molar-refractivity contribution is -0.119. The summed E-state index contributed by atoms with van der Waals surface area (Å²) in [6.07, 6.45) is 0. The Balaban J connectivity index is 2.38. The van der Waals surface area contributed by atoms with E-state index in [1.54, 1.807) is 6.92 Å². The fraction of sp³-hybridized carbons (Fsp3) is 0.250. The number of hydrogen-bond donors (Lipinski definition) is 2. The standard InChI is InChI=1S/C12H14N2O/c1-10(12(13)15)14-9-5-8-11-6-3-2-4-7-11/h2-4,6-7,10,14H,9H2,1H3,(H2,13,15)/t10-/m1/s1. The number of amides is 1. The van der Waals surface area contributed by atoms with Crippen molar-refractivity contribution in [1.29, 1.82) is 0 Å². The number of nitrogens with two attached hydrogens (primary N) is 1. The zero-order valence-electron chi connectivity index (χ0n) is 8.66. The van der Waals surface area contributed by atoms with Crippen molar-refractivity contribution in [2.75, 3.05) is 6.54 Å². The molecule has 1 aromatic rings. The van der Waals surface area contributed by atoms with Gasteiger partial charge in [0.15, 0.2) is 0 Å². The van der Waals surface area contributed by atoms with Crippen LogP contribution in [0.3, 0.4) is 0 Å². The lowest BCUT2D eigenvalue weighted by Crippen LogP contribution is -2.38. The highest BCUT2D eigenvalue weighted by Crippen LogP contribution is 1.94. The maximum Gasteiger partial charge on any atom is 0.234 e. The Labute approximate surface area is 89.7 Å². The predicted octanol–water partition coefficient (Wildman–Crippen LogP) is 0.502. The molecule has 3 N–H and O–H groups in total. The molecule has 0 aliphatic carbocycles. The van der Waals surface area contributed by atoms with Crippen molar-refractivity contribution in [2.45, 2.75) is 13.0 Å². The Morgan fingerprint density at radius 3 is 2.73 bits per heavy atom. The molecule has 0 radical (unpaired) electrons. The average molecular weight is 202 g/mol. The van der Waals surface area contributed by atoms with E-state index in [4.69, 9.17) is 5.73 Å². The van der Waals surface area contributed by atoms with Gasteiger partial charge in [-0.3, -0.25) is 10.1 Å². The molecule has 0 heterocycles. The smallest absolute Gasteiger partial charge is 0.234 e. The van der Waals surface area contributed by atoms with Crippen LogP contribution in [-0.2, 0) is 4.79 Å². The van der Waals surface area contributed by atoms with Crippen molar-refractivity contribution in [2.24, 2.45) is 5.73 Å². The van der Waals surface area contributed by atoms with Gasteiger partial charge in [0.25, 0.3) is 0 Å². The second-order valence-corrected chi connectivity index (χ2v) is 3.17. The minimum Gasteiger partial charge on any atom is -0.368 e. The van der Waals surface area contributed by atoms with Gasteiger partial charge in [-0.1, -0.05) is 30.0 Å². The molecule has 1 aromatic carbocycles. The third-order valence-electron chi connectivity index (χ3n) is 1.93. The van der Waals surface area contributed by atoms with Crippen molar-refractivity contribution < 1.29 is 4.79 Å². The molecule has 0 bridgehead atoms. The fourth-order valence-corrected chi connectivity index (χ4v) is 0.972. The van der Waals surface area contributed by atoms with Crippen LogP contribution in [0.15, 0.2) is 30.3 Å². The largest absolute Gasteiger partial charge is 0.368 e. The molecule has 78 valence electrons. The van der Waals surface area contributed by atoms with Gasteiger partial charge in [0.2, 0.25) is 5.91 Å². The summed E-state index contributed by atoms with van der Waals surface area (Å²) in [7, 11) is 0. The van der Waals surface area contributed by atoms with E-state index < -0.39 is 0 Å². The first-order chi connectivity index (χ1) is 7.20. The lowest BCUT2D eigenvalue weighted by atomic mass is 10.2. The zero-order valence-corrected chi connectivity index (χ0v) is 8.66. The van der Waals surface area contributed by atoms with Crippen LogP contribution in [0.1, 0.15) is 12.5 Å². The van der Waals surface area contributed by atoms with Crippen molar-refractivity contribution >= 4 is 5.91 Å². The van der Waals surface area contributed by atoms with Gasteiger partial charge in [-0.05, 0) is 19.1 Å². The van der Waals surface area contributed by atoms with Gasteiger partial charge < -0.3 is 5.73 Å². The van der Waals surface area contributed by atoms with Crippen LogP contribution in [0.2, 0.25) is 0 Å². The number of carbonyl (C=O) groups excluding carboxylic acids is 1. The Hall–Kier alpha value is -1.79. The minimum absolute atomic E-state index is 0.338. The average Bonchev–Trinajstić information content (AvgIpc) is 2.25. The van der Waals surface area contributed by atoms with E-state index in [0.29, 0.717) is 6.54 Å². The van der Waals surface area contributed by atoms with E-state index in [0.717, 1.165) is 5.56 Å². The Kier molecular flexibility index (Phi) is 4.39. The van der Waals surface area contributed by atoms with E-state index in [1.165, 1.54) is 0 Å². The maximum absolute atomic E-state index is 10.7. The molecule has 0 aromatic heterocycles. The van der Waals surface area contributed by atoms with E-state index in [2.05, 4.69) is 17.2 Å². The summed E-state index contributed by atoms with van der Waals surface area (Å²) >= 11 is 0. The van der Waals surface area contributed by atoms with Gasteiger partial charge in [-0.2, -0.15) is 0 Å². The summed E-state index contributed by atoms with van der Waals surface area (Å²) in [5.74, 6) is 5.53. The first-order valence-electron chi connectivity index (χ1n) is 4.77. The first-order valence-corrected chi connectivity index (χ1v) is 4.77. The molecule has 0 saturated heterocycles. The molecular formula is C12H14N2O. The second kappa shape index (κ2) is 5.84. The third-order valence-corrected chi connectivity index (χ3v) is 1.93. The third kappa shape index (κ3) is 4.30. The molecular weight excluding hydrogens is 188 g/mol. The molecule has 0 aliphatic rings. The SMILES string of the molecule is C[C@@H](NCC#Cc1ccccc1)C(N)=O. The van der Waals surface area contributed by atoms with Gasteiger partial charge in [-0.15, -0.1) is 0 Å². The van der Waals surface area contributed by atoms with Crippen molar-refractivity contribution in [3.63, 3.8) is 0 Å². The summed E-state index contributed by atoms with van der Waals surface area (Å²) < 4.78 is 0. The zero-order chi connectivity index (χ0) is 11.1. The van der Waals surface area contributed by atoms with E-state index in [-0.39, 0.29) is 11.9 Å². The topological polar surface area (TPSA) is 55.1 Å². The molecule has 0 aliphatic heterocycles. The second-order valence-electron chi connectivity index (χ2n) is 3.17. The molecule has 15 heavy (non-hydrogen) atoms. The van der Waals surface area contributed by atoms with Crippen molar-refractivity contribution in [3.8, 4) is 11.8 Å². The van der Waals surface area contributed by atoms with Crippen molar-refractivity contribution in [1.82, 2.24) is 5.32 Å². The highest BCUT2D eigenvalue weighted by molar-refractivity contribution is 5.79. The summed E-state index contributed by atoms with van der Waals surface area (Å²) in [5, 5.41) is 2.90. The Morgan fingerprint density at radius 2 is 2.13 bits per heavy atom. The Bertz CT molecular complexity index is 376. The van der Waals surface area contributed by atoms with Gasteiger partial charge in [-0.25, -0.2) is 0 Å². The quantitative estimate of drug-likeness (QED) is 0.701. The first kappa shape index (κ1) is 11.3. The highest BCUT2D eigenvalue weighted by atomic mass is 16.1. The van der Waals surface area contributed by atoms with Crippen LogP contribution in [0.4, 0.5) is 0 Å². The summed E-state index contributed by atoms with van der Waals surface area (Å²) in [4.78, 5) is 10.7. The number of hydrogen-bond acceptors (Lipinski definition) is 2. The summed E-state index contributed by atoms with van der Waals surface area (Å²) in [5.41, 5.74) is 6.04. The van der Waals surface area contributed by atoms with Crippen LogP contribution in [0.5, 0.6) is 0 Å². The van der Waals surface area contributed by atoms with Crippen LogP contribution in [0.25, 0.3) is 0 Å². The molecule has 0 unspecified atom stereocenters. The minimum atomic E-state index is -0.364. The molecule has 3 nitrogen and oxygen atoms in total. The van der Waals surface area contributed by atoms with Crippen LogP contribution in [-0.4, -0.2) is 18.5 Å². The highest BCUT2D eigenvalue weighted by Gasteiger charge is 2.04. The molecule has 1 atom stereocenters.